The number of fused-ring (bicyclic) bond motifs is 1. The van der Waals surface area contributed by atoms with E-state index in [0.29, 0.717) is 11.3 Å². The molecular weight excluding hydrogens is 340 g/mol. The molecule has 0 amide bonds. The normalized spacial score (nSPS) is 11.7. The maximum atomic E-state index is 13.5. The maximum absolute atomic E-state index is 13.5. The molecule has 1 heterocycles. The zero-order chi connectivity index (χ0) is 18.2. The van der Waals surface area contributed by atoms with Crippen molar-refractivity contribution in [3.8, 4) is 5.75 Å². The Bertz CT molecular complexity index is 979. The van der Waals surface area contributed by atoms with Gasteiger partial charge >= 0.3 is 11.9 Å². The van der Waals surface area contributed by atoms with E-state index in [0.717, 1.165) is 22.8 Å². The first-order chi connectivity index (χ1) is 11.8. The molecule has 0 bridgehead atoms. The average molecular weight is 352 g/mol. The summed E-state index contributed by atoms with van der Waals surface area (Å²) < 4.78 is 58.9. The topological polar surface area (TPSA) is 44.1 Å². The van der Waals surface area contributed by atoms with Crippen LogP contribution in [0.3, 0.4) is 0 Å². The fourth-order valence-electron chi connectivity index (χ4n) is 2.53. The molecule has 2 aromatic carbocycles. The van der Waals surface area contributed by atoms with Crippen molar-refractivity contribution in [3.63, 3.8) is 0 Å². The molecular formula is C17H12F4N2O2. The summed E-state index contributed by atoms with van der Waals surface area (Å²) in [7, 11) is 1.50. The van der Waals surface area contributed by atoms with Crippen molar-refractivity contribution in [2.45, 2.75) is 12.7 Å². The van der Waals surface area contributed by atoms with Crippen LogP contribution in [0.2, 0.25) is 0 Å². The van der Waals surface area contributed by atoms with Gasteiger partial charge in [0.25, 0.3) is 0 Å². The van der Waals surface area contributed by atoms with E-state index in [4.69, 9.17) is 4.74 Å². The second-order valence-corrected chi connectivity index (χ2v) is 5.34. The lowest BCUT2D eigenvalue weighted by atomic mass is 10.1. The average Bonchev–Trinajstić information content (AvgIpc) is 2.56. The molecule has 4 nitrogen and oxygen atoms in total. The van der Waals surface area contributed by atoms with Gasteiger partial charge in [-0.05, 0) is 35.9 Å². The molecule has 0 spiro atoms. The molecule has 0 radical (unpaired) electrons. The van der Waals surface area contributed by atoms with E-state index in [9.17, 15) is 22.4 Å². The van der Waals surface area contributed by atoms with Crippen LogP contribution in [-0.2, 0) is 12.7 Å². The van der Waals surface area contributed by atoms with Crippen LogP contribution in [0, 0.1) is 5.82 Å². The highest BCUT2D eigenvalue weighted by atomic mass is 19.4. The van der Waals surface area contributed by atoms with Crippen LogP contribution >= 0.6 is 0 Å². The van der Waals surface area contributed by atoms with Crippen molar-refractivity contribution >= 4 is 10.9 Å². The van der Waals surface area contributed by atoms with E-state index in [1.165, 1.54) is 7.11 Å². The van der Waals surface area contributed by atoms with E-state index in [2.05, 4.69) is 4.98 Å². The lowest BCUT2D eigenvalue weighted by Gasteiger charge is -2.14. The molecule has 0 fully saturated rings. The van der Waals surface area contributed by atoms with Gasteiger partial charge in [0, 0.05) is 5.39 Å². The monoisotopic (exact) mass is 352 g/mol. The Balaban J connectivity index is 2.18. The SMILES string of the molecule is COc1ccc(Cn2c(=O)nc(C(F)(F)F)c3cc(F)ccc32)cc1. The molecule has 0 aliphatic carbocycles. The van der Waals surface area contributed by atoms with Crippen molar-refractivity contribution < 1.29 is 22.3 Å². The second kappa shape index (κ2) is 6.19. The fraction of sp³-hybridized carbons (Fsp3) is 0.176. The van der Waals surface area contributed by atoms with Crippen molar-refractivity contribution in [2.75, 3.05) is 7.11 Å². The third-order valence-corrected chi connectivity index (χ3v) is 3.71. The number of methoxy groups -OCH3 is 1. The number of hydrogen-bond acceptors (Lipinski definition) is 3. The molecule has 3 rings (SSSR count). The highest BCUT2D eigenvalue weighted by Crippen LogP contribution is 2.32. The zero-order valence-corrected chi connectivity index (χ0v) is 13.0. The Labute approximate surface area is 139 Å². The Morgan fingerprint density at radius 3 is 2.40 bits per heavy atom. The quantitative estimate of drug-likeness (QED) is 0.677. The maximum Gasteiger partial charge on any atom is 0.434 e. The number of ether oxygens (including phenoxy) is 1. The summed E-state index contributed by atoms with van der Waals surface area (Å²) in [5.41, 5.74) is -1.82. The minimum absolute atomic E-state index is 0.00387. The van der Waals surface area contributed by atoms with Gasteiger partial charge < -0.3 is 4.74 Å². The molecule has 0 N–H and O–H groups in total. The summed E-state index contributed by atoms with van der Waals surface area (Å²) in [6.07, 6.45) is -4.86. The summed E-state index contributed by atoms with van der Waals surface area (Å²) >= 11 is 0. The Morgan fingerprint density at radius 1 is 1.12 bits per heavy atom. The van der Waals surface area contributed by atoms with Gasteiger partial charge in [0.15, 0.2) is 5.69 Å². The van der Waals surface area contributed by atoms with Crippen molar-refractivity contribution in [3.05, 3.63) is 70.0 Å². The molecule has 0 unspecified atom stereocenters. The summed E-state index contributed by atoms with van der Waals surface area (Å²) in [5, 5.41) is -0.458. The van der Waals surface area contributed by atoms with E-state index in [1.807, 2.05) is 0 Å². The van der Waals surface area contributed by atoms with Gasteiger partial charge in [-0.3, -0.25) is 4.57 Å². The zero-order valence-electron chi connectivity index (χ0n) is 13.0. The summed E-state index contributed by atoms with van der Waals surface area (Å²) in [6.45, 7) is -0.00387. The van der Waals surface area contributed by atoms with Crippen molar-refractivity contribution in [1.82, 2.24) is 9.55 Å². The van der Waals surface area contributed by atoms with E-state index in [1.54, 1.807) is 24.3 Å². The third kappa shape index (κ3) is 3.33. The Morgan fingerprint density at radius 2 is 1.80 bits per heavy atom. The predicted molar refractivity (Wildman–Crippen MR) is 83.1 cm³/mol. The number of benzene rings is 2. The minimum atomic E-state index is -4.86. The van der Waals surface area contributed by atoms with Gasteiger partial charge in [0.2, 0.25) is 0 Å². The first kappa shape index (κ1) is 16.9. The largest absolute Gasteiger partial charge is 0.497 e. The van der Waals surface area contributed by atoms with E-state index >= 15 is 0 Å². The number of hydrogen-bond donors (Lipinski definition) is 0. The van der Waals surface area contributed by atoms with Gasteiger partial charge in [0.1, 0.15) is 11.6 Å². The first-order valence-electron chi connectivity index (χ1n) is 7.20. The molecule has 0 saturated carbocycles. The van der Waals surface area contributed by atoms with Crippen molar-refractivity contribution in [1.29, 1.82) is 0 Å². The number of aromatic nitrogens is 2. The van der Waals surface area contributed by atoms with Gasteiger partial charge in [-0.15, -0.1) is 0 Å². The predicted octanol–water partition coefficient (Wildman–Crippen LogP) is 3.61. The Kier molecular flexibility index (Phi) is 4.20. The van der Waals surface area contributed by atoms with Gasteiger partial charge in [0.05, 0.1) is 19.2 Å². The molecule has 1 aromatic heterocycles. The highest BCUT2D eigenvalue weighted by Gasteiger charge is 2.36. The molecule has 8 heteroatoms. The molecule has 25 heavy (non-hydrogen) atoms. The highest BCUT2D eigenvalue weighted by molar-refractivity contribution is 5.82. The van der Waals surface area contributed by atoms with Gasteiger partial charge in [-0.25, -0.2) is 9.18 Å². The van der Waals surface area contributed by atoms with Crippen LogP contribution in [0.4, 0.5) is 17.6 Å². The van der Waals surface area contributed by atoms with Crippen LogP contribution in [0.5, 0.6) is 5.75 Å². The minimum Gasteiger partial charge on any atom is -0.497 e. The summed E-state index contributed by atoms with van der Waals surface area (Å²) in [5.74, 6) is -0.233. The Hall–Kier alpha value is -2.90. The molecule has 130 valence electrons. The lowest BCUT2D eigenvalue weighted by Crippen LogP contribution is -2.28. The number of halogens is 4. The van der Waals surface area contributed by atoms with Crippen LogP contribution in [0.1, 0.15) is 11.3 Å². The molecule has 0 aliphatic rings. The third-order valence-electron chi connectivity index (χ3n) is 3.71. The van der Waals surface area contributed by atoms with E-state index < -0.39 is 28.8 Å². The smallest absolute Gasteiger partial charge is 0.434 e. The van der Waals surface area contributed by atoms with Crippen LogP contribution in [-0.4, -0.2) is 16.7 Å². The molecule has 0 saturated heterocycles. The molecule has 0 atom stereocenters. The second-order valence-electron chi connectivity index (χ2n) is 5.34. The fourth-order valence-corrected chi connectivity index (χ4v) is 2.53. The standard InChI is InChI=1S/C17H12F4N2O2/c1-25-12-5-2-10(3-6-12)9-23-14-7-4-11(18)8-13(14)15(17(19,20)21)22-16(23)24/h2-8H,9H2,1H3. The van der Waals surface area contributed by atoms with Crippen molar-refractivity contribution in [2.24, 2.45) is 0 Å². The lowest BCUT2D eigenvalue weighted by molar-refractivity contribution is -0.140. The molecule has 0 aliphatic heterocycles. The van der Waals surface area contributed by atoms with Gasteiger partial charge in [-0.1, -0.05) is 12.1 Å². The number of alkyl halides is 3. The first-order valence-corrected chi connectivity index (χ1v) is 7.20. The van der Waals surface area contributed by atoms with Crippen LogP contribution in [0.15, 0.2) is 47.3 Å². The van der Waals surface area contributed by atoms with Crippen LogP contribution in [0.25, 0.3) is 10.9 Å². The molecule has 3 aromatic rings. The number of nitrogens with zero attached hydrogens (tertiary/aromatic N) is 2. The van der Waals surface area contributed by atoms with Gasteiger partial charge in [-0.2, -0.15) is 18.2 Å². The van der Waals surface area contributed by atoms with E-state index in [-0.39, 0.29) is 12.1 Å². The summed E-state index contributed by atoms with van der Waals surface area (Å²) in [4.78, 5) is 15.3. The van der Waals surface area contributed by atoms with Crippen LogP contribution < -0.4 is 10.4 Å². The summed E-state index contributed by atoms with van der Waals surface area (Å²) in [6, 6.07) is 9.57. The number of rotatable bonds is 3.